The van der Waals surface area contributed by atoms with Gasteiger partial charge in [0.05, 0.1) is 24.3 Å². The van der Waals surface area contributed by atoms with Crippen LogP contribution in [0, 0.1) is 16.2 Å². The fourth-order valence-electron chi connectivity index (χ4n) is 8.56. The van der Waals surface area contributed by atoms with E-state index >= 15 is 0 Å². The highest BCUT2D eigenvalue weighted by Crippen LogP contribution is 2.71. The van der Waals surface area contributed by atoms with Gasteiger partial charge in [-0.25, -0.2) is 9.78 Å². The summed E-state index contributed by atoms with van der Waals surface area (Å²) in [6.07, 6.45) is 8.46. The van der Waals surface area contributed by atoms with Crippen LogP contribution in [0.25, 0.3) is 5.57 Å². The average molecular weight is 511 g/mol. The summed E-state index contributed by atoms with van der Waals surface area (Å²) in [7, 11) is 1.54. The van der Waals surface area contributed by atoms with Gasteiger partial charge in [0.15, 0.2) is 5.69 Å². The van der Waals surface area contributed by atoms with E-state index in [0.717, 1.165) is 44.3 Å². The number of pyridine rings is 1. The number of carboxylic acid groups (broad SMARTS) is 1. The molecule has 4 aliphatic carbocycles. The van der Waals surface area contributed by atoms with Crippen molar-refractivity contribution in [3.8, 4) is 0 Å². The van der Waals surface area contributed by atoms with Crippen LogP contribution >= 0.6 is 0 Å². The van der Waals surface area contributed by atoms with Crippen molar-refractivity contribution in [2.75, 3.05) is 26.7 Å². The lowest BCUT2D eigenvalue weighted by Crippen LogP contribution is -2.65. The second-order valence-corrected chi connectivity index (χ2v) is 12.5. The molecule has 5 N–H and O–H groups in total. The number of carbonyl (C=O) groups is 2. The van der Waals surface area contributed by atoms with E-state index in [1.54, 1.807) is 25.3 Å². The molecule has 1 amide bonds. The summed E-state index contributed by atoms with van der Waals surface area (Å²) >= 11 is 0. The first-order chi connectivity index (χ1) is 17.4. The van der Waals surface area contributed by atoms with E-state index in [0.29, 0.717) is 30.0 Å². The predicted molar refractivity (Wildman–Crippen MR) is 144 cm³/mol. The van der Waals surface area contributed by atoms with E-state index in [2.05, 4.69) is 36.0 Å². The summed E-state index contributed by atoms with van der Waals surface area (Å²) in [6.45, 7) is 12.7. The molecule has 37 heavy (non-hydrogen) atoms. The Morgan fingerprint density at radius 2 is 1.84 bits per heavy atom. The number of ether oxygens (including phenoxy) is 1. The molecular formula is C29H42N4O4. The molecule has 202 valence electrons. The van der Waals surface area contributed by atoms with Gasteiger partial charge in [0.2, 0.25) is 5.91 Å². The molecule has 8 heteroatoms. The number of likely N-dealkylation sites (N-methyl/N-ethyl adjacent to an activating group) is 1. The molecule has 0 spiro atoms. The Balaban J connectivity index is 1.61. The highest BCUT2D eigenvalue weighted by Gasteiger charge is 2.65. The fraction of sp³-hybridized carbons (Fsp3) is 0.621. The van der Waals surface area contributed by atoms with Crippen molar-refractivity contribution < 1.29 is 19.4 Å². The van der Waals surface area contributed by atoms with Crippen molar-refractivity contribution in [2.45, 2.75) is 71.3 Å². The van der Waals surface area contributed by atoms with E-state index in [4.69, 9.17) is 10.5 Å². The van der Waals surface area contributed by atoms with Crippen LogP contribution in [0.2, 0.25) is 0 Å². The first kappa shape index (κ1) is 27.3. The van der Waals surface area contributed by atoms with Gasteiger partial charge in [-0.2, -0.15) is 0 Å². The standard InChI is InChI=1S/C29H42N4O4/c1-6-21(22-8-7-20(11-23(34)31-5)33-24(22)25(35)36)19(2)32-18-28-13-26(3)12-27(4,14-28)16-29(15-26,17-28)37-10-9-30/h6-8,32H,1,9-18,30H2,2-5H3,(H,31,34)(H,35,36)/b21-19+. The van der Waals surface area contributed by atoms with Crippen LogP contribution < -0.4 is 16.4 Å². The third-order valence-corrected chi connectivity index (χ3v) is 8.58. The smallest absolute Gasteiger partial charge is 0.355 e. The van der Waals surface area contributed by atoms with Crippen LogP contribution in [-0.2, 0) is 16.0 Å². The van der Waals surface area contributed by atoms with Crippen molar-refractivity contribution in [3.05, 3.63) is 47.4 Å². The van der Waals surface area contributed by atoms with Crippen LogP contribution in [0.15, 0.2) is 30.5 Å². The third-order valence-electron chi connectivity index (χ3n) is 8.58. The van der Waals surface area contributed by atoms with Gasteiger partial charge in [-0.15, -0.1) is 0 Å². The number of hydrogen-bond acceptors (Lipinski definition) is 6. The highest BCUT2D eigenvalue weighted by molar-refractivity contribution is 5.94. The minimum absolute atomic E-state index is 0.0233. The number of rotatable bonds is 11. The quantitative estimate of drug-likeness (QED) is 0.335. The lowest BCUT2D eigenvalue weighted by Gasteiger charge is -2.69. The van der Waals surface area contributed by atoms with E-state index in [-0.39, 0.29) is 39.9 Å². The Bertz CT molecular complexity index is 1110. The molecule has 2 atom stereocenters. The maximum Gasteiger partial charge on any atom is 0.355 e. The minimum Gasteiger partial charge on any atom is -0.476 e. The molecule has 0 saturated heterocycles. The van der Waals surface area contributed by atoms with Gasteiger partial charge < -0.3 is 26.2 Å². The molecule has 8 nitrogen and oxygen atoms in total. The lowest BCUT2D eigenvalue weighted by molar-refractivity contribution is -0.242. The number of carboxylic acids is 1. The van der Waals surface area contributed by atoms with Gasteiger partial charge in [0, 0.05) is 37.0 Å². The Morgan fingerprint density at radius 3 is 2.41 bits per heavy atom. The molecule has 4 aliphatic rings. The first-order valence-electron chi connectivity index (χ1n) is 13.2. The molecule has 0 aliphatic heterocycles. The number of carbonyl (C=O) groups excluding carboxylic acids is 1. The Morgan fingerprint density at radius 1 is 1.16 bits per heavy atom. The van der Waals surface area contributed by atoms with Crippen molar-refractivity contribution in [3.63, 3.8) is 0 Å². The first-order valence-corrected chi connectivity index (χ1v) is 13.2. The van der Waals surface area contributed by atoms with Crippen molar-refractivity contribution in [1.82, 2.24) is 15.6 Å². The maximum atomic E-state index is 12.1. The fourth-order valence-corrected chi connectivity index (χ4v) is 8.56. The van der Waals surface area contributed by atoms with Crippen LogP contribution in [0.3, 0.4) is 0 Å². The lowest BCUT2D eigenvalue weighted by atomic mass is 9.39. The van der Waals surface area contributed by atoms with Gasteiger partial charge >= 0.3 is 5.97 Å². The molecule has 4 fully saturated rings. The Kier molecular flexibility index (Phi) is 7.29. The summed E-state index contributed by atoms with van der Waals surface area (Å²) in [4.78, 5) is 28.1. The topological polar surface area (TPSA) is 127 Å². The predicted octanol–water partition coefficient (Wildman–Crippen LogP) is 3.67. The summed E-state index contributed by atoms with van der Waals surface area (Å²) in [5, 5.41) is 16.1. The molecule has 4 saturated carbocycles. The number of nitrogens with one attached hydrogen (secondary N) is 2. The molecular weight excluding hydrogens is 468 g/mol. The van der Waals surface area contributed by atoms with Gasteiger partial charge in [-0.3, -0.25) is 4.79 Å². The number of aromatic carboxylic acids is 1. The molecule has 1 aromatic rings. The number of allylic oxidation sites excluding steroid dienone is 3. The largest absolute Gasteiger partial charge is 0.476 e. The van der Waals surface area contributed by atoms with Gasteiger partial charge in [0.25, 0.3) is 0 Å². The summed E-state index contributed by atoms with van der Waals surface area (Å²) < 4.78 is 6.50. The van der Waals surface area contributed by atoms with Gasteiger partial charge in [-0.1, -0.05) is 32.6 Å². The maximum absolute atomic E-state index is 12.1. The molecule has 1 heterocycles. The SMILES string of the molecule is C=C/C(=C(/C)NCC12CC3(C)CC(C)(C1)CC(OCCN)(C3)C2)c1ccc(CC(=O)NC)nc1C(=O)O. The third kappa shape index (κ3) is 5.46. The summed E-state index contributed by atoms with van der Waals surface area (Å²) in [5.74, 6) is -1.36. The average Bonchev–Trinajstić information content (AvgIpc) is 2.80. The van der Waals surface area contributed by atoms with E-state index in [1.165, 1.54) is 6.42 Å². The molecule has 4 bridgehead atoms. The zero-order valence-electron chi connectivity index (χ0n) is 22.7. The molecule has 0 aromatic carbocycles. The molecule has 0 radical (unpaired) electrons. The zero-order valence-corrected chi connectivity index (χ0v) is 22.7. The van der Waals surface area contributed by atoms with Crippen molar-refractivity contribution >= 4 is 17.4 Å². The minimum atomic E-state index is -1.14. The van der Waals surface area contributed by atoms with Crippen molar-refractivity contribution in [2.24, 2.45) is 22.0 Å². The normalized spacial score (nSPS) is 32.6. The van der Waals surface area contributed by atoms with E-state index in [1.807, 2.05) is 6.92 Å². The highest BCUT2D eigenvalue weighted by atomic mass is 16.5. The second kappa shape index (κ2) is 9.87. The Hall–Kier alpha value is -2.71. The number of nitrogens with two attached hydrogens (primary N) is 1. The van der Waals surface area contributed by atoms with E-state index in [9.17, 15) is 14.7 Å². The molecule has 2 unspecified atom stereocenters. The second-order valence-electron chi connectivity index (χ2n) is 12.5. The Labute approximate surface area is 220 Å². The number of amides is 1. The monoisotopic (exact) mass is 510 g/mol. The zero-order chi connectivity index (χ0) is 27.1. The summed E-state index contributed by atoms with van der Waals surface area (Å²) in [6, 6.07) is 3.42. The van der Waals surface area contributed by atoms with Crippen LogP contribution in [0.5, 0.6) is 0 Å². The van der Waals surface area contributed by atoms with Crippen molar-refractivity contribution in [1.29, 1.82) is 0 Å². The number of nitrogens with zero attached hydrogens (tertiary/aromatic N) is 1. The molecule has 1 aromatic heterocycles. The van der Waals surface area contributed by atoms with Crippen LogP contribution in [0.1, 0.15) is 81.0 Å². The van der Waals surface area contributed by atoms with Crippen LogP contribution in [0.4, 0.5) is 0 Å². The van der Waals surface area contributed by atoms with Crippen LogP contribution in [-0.4, -0.2) is 54.3 Å². The van der Waals surface area contributed by atoms with Gasteiger partial charge in [0.1, 0.15) is 0 Å². The summed E-state index contributed by atoms with van der Waals surface area (Å²) in [5.41, 5.74) is 8.68. The molecule has 5 rings (SSSR count). The number of hydrogen-bond donors (Lipinski definition) is 4. The van der Waals surface area contributed by atoms with Gasteiger partial charge in [-0.05, 0) is 67.8 Å². The van der Waals surface area contributed by atoms with E-state index < -0.39 is 5.97 Å². The number of aromatic nitrogens is 1.